The Morgan fingerprint density at radius 2 is 2.17 bits per heavy atom. The van der Waals surface area contributed by atoms with Crippen LogP contribution in [0.3, 0.4) is 0 Å². The molecule has 0 bridgehead atoms. The summed E-state index contributed by atoms with van der Waals surface area (Å²) in [6, 6.07) is 7.88. The first kappa shape index (κ1) is 17.6. The molecule has 5 nitrogen and oxygen atoms in total. The summed E-state index contributed by atoms with van der Waals surface area (Å²) < 4.78 is 29.5. The summed E-state index contributed by atoms with van der Waals surface area (Å²) >= 11 is 5.63. The lowest BCUT2D eigenvalue weighted by molar-refractivity contribution is 0.0851. The lowest BCUT2D eigenvalue weighted by atomic mass is 10.1. The molecule has 0 radical (unpaired) electrons. The Hall–Kier alpha value is -1.18. The van der Waals surface area contributed by atoms with Gasteiger partial charge in [-0.05, 0) is 50.0 Å². The fourth-order valence-electron chi connectivity index (χ4n) is 3.33. The second-order valence-electron chi connectivity index (χ2n) is 6.59. The highest BCUT2D eigenvalue weighted by atomic mass is 32.2. The lowest BCUT2D eigenvalue weighted by Gasteiger charge is -2.33. The highest BCUT2D eigenvalue weighted by molar-refractivity contribution is 7.91. The van der Waals surface area contributed by atoms with Gasteiger partial charge in [-0.1, -0.05) is 18.2 Å². The van der Waals surface area contributed by atoms with Gasteiger partial charge in [-0.25, -0.2) is 8.42 Å². The van der Waals surface area contributed by atoms with Gasteiger partial charge in [0.1, 0.15) is 0 Å². The van der Waals surface area contributed by atoms with E-state index in [9.17, 15) is 8.42 Å². The van der Waals surface area contributed by atoms with Crippen LogP contribution in [0.5, 0.6) is 0 Å². The van der Waals surface area contributed by atoms with Crippen LogP contribution < -0.4 is 5.32 Å². The molecule has 2 saturated heterocycles. The number of hydrogen-bond acceptors (Lipinski definition) is 4. The van der Waals surface area contributed by atoms with Gasteiger partial charge in [0.25, 0.3) is 0 Å². The molecule has 0 saturated carbocycles. The number of hydrogen-bond donors (Lipinski definition) is 1. The Morgan fingerprint density at radius 3 is 2.79 bits per heavy atom. The number of nitrogens with one attached hydrogen (secondary N) is 1. The number of para-hydroxylation sites is 1. The van der Waals surface area contributed by atoms with Gasteiger partial charge in [-0.15, -0.1) is 0 Å². The third kappa shape index (κ3) is 4.26. The van der Waals surface area contributed by atoms with Crippen LogP contribution >= 0.6 is 12.2 Å². The van der Waals surface area contributed by atoms with E-state index in [4.69, 9.17) is 17.0 Å². The Kier molecular flexibility index (Phi) is 5.42. The first-order valence-corrected chi connectivity index (χ1v) is 10.6. The second-order valence-corrected chi connectivity index (χ2v) is 9.20. The largest absolute Gasteiger partial charge is 0.376 e. The standard InChI is InChI=1S/C17H24N2O3S2/c1-13-5-2-3-7-16(13)18-17(23)19(11-15-6-4-9-22-15)14-8-10-24(20,21)12-14/h2-3,5,7,14-15H,4,6,8-12H2,1H3,(H,18,23)/t14-,15-/m1/s1. The number of thiocarbonyl (C=S) groups is 1. The fourth-order valence-corrected chi connectivity index (χ4v) is 5.39. The third-order valence-corrected chi connectivity index (χ3v) is 6.81. The van der Waals surface area contributed by atoms with Crippen LogP contribution in [0.4, 0.5) is 5.69 Å². The van der Waals surface area contributed by atoms with E-state index >= 15 is 0 Å². The van der Waals surface area contributed by atoms with E-state index in [1.807, 2.05) is 36.1 Å². The van der Waals surface area contributed by atoms with Gasteiger partial charge in [0.15, 0.2) is 14.9 Å². The Balaban J connectivity index is 1.75. The van der Waals surface area contributed by atoms with Crippen LogP contribution in [0.15, 0.2) is 24.3 Å². The molecule has 0 aromatic heterocycles. The molecule has 1 N–H and O–H groups in total. The van der Waals surface area contributed by atoms with Crippen LogP contribution in [0.1, 0.15) is 24.8 Å². The van der Waals surface area contributed by atoms with Crippen molar-refractivity contribution in [2.45, 2.75) is 38.3 Å². The summed E-state index contributed by atoms with van der Waals surface area (Å²) in [6.45, 7) is 3.45. The Bertz CT molecular complexity index is 700. The van der Waals surface area contributed by atoms with Crippen molar-refractivity contribution in [3.05, 3.63) is 29.8 Å². The van der Waals surface area contributed by atoms with Gasteiger partial charge in [0, 0.05) is 24.9 Å². The van der Waals surface area contributed by atoms with Gasteiger partial charge in [0.05, 0.1) is 17.6 Å². The van der Waals surface area contributed by atoms with Crippen LogP contribution in [0.25, 0.3) is 0 Å². The third-order valence-electron chi connectivity index (χ3n) is 4.72. The van der Waals surface area contributed by atoms with Crippen molar-refractivity contribution >= 4 is 32.9 Å². The highest BCUT2D eigenvalue weighted by Crippen LogP contribution is 2.23. The number of rotatable bonds is 4. The average Bonchev–Trinajstić information content (AvgIpc) is 3.16. The monoisotopic (exact) mass is 368 g/mol. The van der Waals surface area contributed by atoms with E-state index in [0.29, 0.717) is 18.1 Å². The molecule has 3 rings (SSSR count). The SMILES string of the molecule is Cc1ccccc1NC(=S)N(C[C@H]1CCCO1)[C@@H]1CCS(=O)(=O)C1. The van der Waals surface area contributed by atoms with Gasteiger partial charge in [0.2, 0.25) is 0 Å². The van der Waals surface area contributed by atoms with Gasteiger partial charge >= 0.3 is 0 Å². The molecule has 2 aliphatic rings. The molecule has 1 aromatic rings. The summed E-state index contributed by atoms with van der Waals surface area (Å²) in [7, 11) is -2.96. The van der Waals surface area contributed by atoms with Crippen molar-refractivity contribution in [2.75, 3.05) is 30.0 Å². The lowest BCUT2D eigenvalue weighted by Crippen LogP contribution is -2.47. The normalized spacial score (nSPS) is 25.5. The molecule has 7 heteroatoms. The van der Waals surface area contributed by atoms with Crippen LogP contribution in [-0.4, -0.2) is 55.2 Å². The maximum absolute atomic E-state index is 11.9. The van der Waals surface area contributed by atoms with Crippen LogP contribution in [-0.2, 0) is 14.6 Å². The molecule has 1 aromatic carbocycles. The van der Waals surface area contributed by atoms with Crippen molar-refractivity contribution in [3.8, 4) is 0 Å². The number of benzene rings is 1. The molecule has 0 aliphatic carbocycles. The summed E-state index contributed by atoms with van der Waals surface area (Å²) in [5, 5.41) is 3.88. The van der Waals surface area contributed by atoms with Crippen molar-refractivity contribution in [1.82, 2.24) is 4.90 Å². The number of nitrogens with zero attached hydrogens (tertiary/aromatic N) is 1. The van der Waals surface area contributed by atoms with Crippen molar-refractivity contribution in [1.29, 1.82) is 0 Å². The number of ether oxygens (including phenoxy) is 1. The van der Waals surface area contributed by atoms with E-state index in [1.165, 1.54) is 0 Å². The molecule has 2 heterocycles. The van der Waals surface area contributed by atoms with E-state index in [-0.39, 0.29) is 23.7 Å². The van der Waals surface area contributed by atoms with Crippen molar-refractivity contribution < 1.29 is 13.2 Å². The molecule has 24 heavy (non-hydrogen) atoms. The summed E-state index contributed by atoms with van der Waals surface area (Å²) in [5.41, 5.74) is 2.07. The number of aryl methyl sites for hydroxylation is 1. The fraction of sp³-hybridized carbons (Fsp3) is 0.588. The molecular weight excluding hydrogens is 344 g/mol. The van der Waals surface area contributed by atoms with E-state index in [2.05, 4.69) is 5.32 Å². The summed E-state index contributed by atoms with van der Waals surface area (Å²) in [6.07, 6.45) is 2.82. The van der Waals surface area contributed by atoms with E-state index < -0.39 is 9.84 Å². The Labute approximate surface area is 149 Å². The highest BCUT2D eigenvalue weighted by Gasteiger charge is 2.35. The van der Waals surface area contributed by atoms with Gasteiger partial charge < -0.3 is 15.0 Å². The predicted molar refractivity (Wildman–Crippen MR) is 100 cm³/mol. The second kappa shape index (κ2) is 7.37. The van der Waals surface area contributed by atoms with Crippen LogP contribution in [0.2, 0.25) is 0 Å². The van der Waals surface area contributed by atoms with Crippen molar-refractivity contribution in [2.24, 2.45) is 0 Å². The number of anilines is 1. The molecule has 2 fully saturated rings. The first-order valence-electron chi connectivity index (χ1n) is 8.40. The molecule has 132 valence electrons. The Morgan fingerprint density at radius 1 is 1.38 bits per heavy atom. The summed E-state index contributed by atoms with van der Waals surface area (Å²) in [5.74, 6) is 0.419. The van der Waals surface area contributed by atoms with Crippen LogP contribution in [0, 0.1) is 6.92 Å². The zero-order chi connectivity index (χ0) is 17.2. The molecule has 0 unspecified atom stereocenters. The maximum atomic E-state index is 11.9. The van der Waals surface area contributed by atoms with E-state index in [1.54, 1.807) is 0 Å². The summed E-state index contributed by atoms with van der Waals surface area (Å²) in [4.78, 5) is 2.03. The molecule has 0 amide bonds. The van der Waals surface area contributed by atoms with E-state index in [0.717, 1.165) is 30.7 Å². The quantitative estimate of drug-likeness (QED) is 0.824. The maximum Gasteiger partial charge on any atom is 0.173 e. The van der Waals surface area contributed by atoms with Gasteiger partial charge in [-0.2, -0.15) is 0 Å². The molecule has 0 spiro atoms. The van der Waals surface area contributed by atoms with Gasteiger partial charge in [-0.3, -0.25) is 0 Å². The zero-order valence-electron chi connectivity index (χ0n) is 13.9. The van der Waals surface area contributed by atoms with Crippen molar-refractivity contribution in [3.63, 3.8) is 0 Å². The minimum Gasteiger partial charge on any atom is -0.376 e. The minimum atomic E-state index is -2.96. The molecular formula is C17H24N2O3S2. The minimum absolute atomic E-state index is 0.0665. The average molecular weight is 369 g/mol. The first-order chi connectivity index (χ1) is 11.4. The predicted octanol–water partition coefficient (Wildman–Crippen LogP) is 2.36. The molecule has 2 atom stereocenters. The molecule has 2 aliphatic heterocycles. The number of sulfone groups is 1. The smallest absolute Gasteiger partial charge is 0.173 e. The topological polar surface area (TPSA) is 58.6 Å². The zero-order valence-corrected chi connectivity index (χ0v) is 15.5.